The van der Waals surface area contributed by atoms with Crippen LogP contribution < -0.4 is 10.2 Å². The Balaban J connectivity index is 1.81. The molecule has 1 aromatic carbocycles. The maximum absolute atomic E-state index is 11.9. The third-order valence-electron chi connectivity index (χ3n) is 4.69. The molecule has 5 nitrogen and oxygen atoms in total. The number of hydrogen-bond acceptors (Lipinski definition) is 4. The van der Waals surface area contributed by atoms with E-state index in [2.05, 4.69) is 10.2 Å². The molecule has 2 aromatic rings. The number of fused-ring (bicyclic) bond motifs is 1. The molecule has 0 spiro atoms. The van der Waals surface area contributed by atoms with Crippen LogP contribution in [-0.2, 0) is 12.8 Å². The molecule has 0 unspecified atom stereocenters. The maximum atomic E-state index is 11.9. The van der Waals surface area contributed by atoms with Crippen LogP contribution in [0.15, 0.2) is 24.3 Å². The van der Waals surface area contributed by atoms with Crippen LogP contribution in [0.5, 0.6) is 0 Å². The summed E-state index contributed by atoms with van der Waals surface area (Å²) in [6.07, 6.45) is 4.40. The van der Waals surface area contributed by atoms with E-state index in [1.165, 1.54) is 17.7 Å². The summed E-state index contributed by atoms with van der Waals surface area (Å²) in [6.45, 7) is 2.08. The van der Waals surface area contributed by atoms with Crippen molar-refractivity contribution in [1.82, 2.24) is 15.3 Å². The Kier molecular flexibility index (Phi) is 3.48. The quantitative estimate of drug-likeness (QED) is 0.944. The first-order chi connectivity index (χ1) is 11.3. The van der Waals surface area contributed by atoms with E-state index in [9.17, 15) is 4.79 Å². The number of aryl methyl sites for hydroxylation is 1. The third-order valence-corrected chi connectivity index (χ3v) is 4.69. The van der Waals surface area contributed by atoms with Crippen molar-refractivity contribution in [3.8, 4) is 11.3 Å². The van der Waals surface area contributed by atoms with E-state index >= 15 is 0 Å². The second-order valence-electron chi connectivity index (χ2n) is 6.15. The fraction of sp³-hybridized carbons (Fsp3) is 0.389. The van der Waals surface area contributed by atoms with Crippen molar-refractivity contribution in [2.24, 2.45) is 0 Å². The molecule has 0 atom stereocenters. The molecule has 2 aliphatic rings. The molecule has 1 aromatic heterocycles. The Labute approximate surface area is 135 Å². The summed E-state index contributed by atoms with van der Waals surface area (Å²) in [5.74, 6) is 0.776. The van der Waals surface area contributed by atoms with Gasteiger partial charge in [0.05, 0.1) is 5.69 Å². The summed E-state index contributed by atoms with van der Waals surface area (Å²) in [7, 11) is 1.65. The van der Waals surface area contributed by atoms with Crippen LogP contribution in [0.25, 0.3) is 11.3 Å². The van der Waals surface area contributed by atoms with Gasteiger partial charge in [0.1, 0.15) is 0 Å². The van der Waals surface area contributed by atoms with Crippen molar-refractivity contribution in [2.45, 2.75) is 25.7 Å². The summed E-state index contributed by atoms with van der Waals surface area (Å²) in [4.78, 5) is 23.8. The van der Waals surface area contributed by atoms with Crippen LogP contribution in [0.3, 0.4) is 0 Å². The molecular weight excluding hydrogens is 288 g/mol. The largest absolute Gasteiger partial charge is 0.355 e. The zero-order valence-corrected chi connectivity index (χ0v) is 13.3. The minimum absolute atomic E-state index is 0.0690. The first kappa shape index (κ1) is 14.2. The molecule has 23 heavy (non-hydrogen) atoms. The summed E-state index contributed by atoms with van der Waals surface area (Å²) in [5.41, 5.74) is 5.11. The van der Waals surface area contributed by atoms with Gasteiger partial charge in [-0.3, -0.25) is 4.79 Å². The summed E-state index contributed by atoms with van der Waals surface area (Å²) >= 11 is 0. The average Bonchev–Trinajstić information content (AvgIpc) is 3.00. The Bertz CT molecular complexity index is 768. The van der Waals surface area contributed by atoms with E-state index in [0.717, 1.165) is 49.6 Å². The lowest BCUT2D eigenvalue weighted by atomic mass is 10.0. The van der Waals surface area contributed by atoms with Gasteiger partial charge in [0, 0.05) is 42.5 Å². The van der Waals surface area contributed by atoms with Gasteiger partial charge in [-0.05, 0) is 37.8 Å². The van der Waals surface area contributed by atoms with Crippen LogP contribution in [0.4, 0.5) is 5.95 Å². The van der Waals surface area contributed by atoms with Crippen molar-refractivity contribution < 1.29 is 4.79 Å². The molecule has 0 radical (unpaired) electrons. The van der Waals surface area contributed by atoms with Gasteiger partial charge in [0.15, 0.2) is 0 Å². The molecule has 1 aliphatic carbocycles. The Hall–Kier alpha value is -2.43. The number of hydrogen-bond donors (Lipinski definition) is 1. The fourth-order valence-corrected chi connectivity index (χ4v) is 3.27. The van der Waals surface area contributed by atoms with Gasteiger partial charge in [-0.1, -0.05) is 12.1 Å². The molecule has 2 heterocycles. The number of carbonyl (C=O) groups excluding carboxylic acids is 1. The Morgan fingerprint density at radius 3 is 2.78 bits per heavy atom. The normalized spacial score (nSPS) is 16.0. The lowest BCUT2D eigenvalue weighted by molar-refractivity contribution is 0.0963. The minimum atomic E-state index is -0.0690. The molecule has 5 heteroatoms. The van der Waals surface area contributed by atoms with E-state index < -0.39 is 0 Å². The van der Waals surface area contributed by atoms with E-state index in [-0.39, 0.29) is 5.91 Å². The van der Waals surface area contributed by atoms with Gasteiger partial charge in [0.25, 0.3) is 5.91 Å². The Morgan fingerprint density at radius 1 is 1.17 bits per heavy atom. The number of nitrogens with zero attached hydrogens (tertiary/aromatic N) is 3. The van der Waals surface area contributed by atoms with Crippen molar-refractivity contribution in [3.05, 3.63) is 41.1 Å². The highest BCUT2D eigenvalue weighted by Gasteiger charge is 2.24. The van der Waals surface area contributed by atoms with Crippen molar-refractivity contribution >= 4 is 11.9 Å². The van der Waals surface area contributed by atoms with Crippen molar-refractivity contribution in [2.75, 3.05) is 25.0 Å². The average molecular weight is 308 g/mol. The molecule has 1 aliphatic heterocycles. The highest BCUT2D eigenvalue weighted by molar-refractivity contribution is 5.95. The molecule has 1 saturated heterocycles. The van der Waals surface area contributed by atoms with Gasteiger partial charge in [-0.25, -0.2) is 9.97 Å². The van der Waals surface area contributed by atoms with Crippen LogP contribution in [0.1, 0.15) is 34.5 Å². The van der Waals surface area contributed by atoms with Crippen LogP contribution >= 0.6 is 0 Å². The topological polar surface area (TPSA) is 58.1 Å². The van der Waals surface area contributed by atoms with E-state index in [0.29, 0.717) is 5.56 Å². The highest BCUT2D eigenvalue weighted by atomic mass is 16.1. The SMILES string of the molecule is CNC(=O)c1cccc(-c2nc(N3CCC3)nc3c2CCC3)c1. The molecule has 4 rings (SSSR count). The van der Waals surface area contributed by atoms with E-state index in [4.69, 9.17) is 9.97 Å². The monoisotopic (exact) mass is 308 g/mol. The maximum Gasteiger partial charge on any atom is 0.251 e. The summed E-state index contributed by atoms with van der Waals surface area (Å²) < 4.78 is 0. The zero-order valence-electron chi connectivity index (χ0n) is 13.3. The summed E-state index contributed by atoms with van der Waals surface area (Å²) in [6, 6.07) is 7.72. The second-order valence-corrected chi connectivity index (χ2v) is 6.15. The lowest BCUT2D eigenvalue weighted by Gasteiger charge is -2.31. The van der Waals surface area contributed by atoms with Gasteiger partial charge in [-0.15, -0.1) is 0 Å². The number of rotatable bonds is 3. The van der Waals surface area contributed by atoms with Gasteiger partial charge < -0.3 is 10.2 Å². The van der Waals surface area contributed by atoms with E-state index in [1.807, 2.05) is 24.3 Å². The molecule has 0 saturated carbocycles. The van der Waals surface area contributed by atoms with Crippen LogP contribution in [0.2, 0.25) is 0 Å². The van der Waals surface area contributed by atoms with Crippen molar-refractivity contribution in [1.29, 1.82) is 0 Å². The van der Waals surface area contributed by atoms with Gasteiger partial charge in [-0.2, -0.15) is 0 Å². The number of aromatic nitrogens is 2. The minimum Gasteiger partial charge on any atom is -0.355 e. The number of amides is 1. The zero-order chi connectivity index (χ0) is 15.8. The molecule has 1 fully saturated rings. The lowest BCUT2D eigenvalue weighted by Crippen LogP contribution is -2.38. The standard InChI is InChI=1S/C18H20N4O/c1-19-17(23)13-6-2-5-12(11-13)16-14-7-3-8-15(14)20-18(21-16)22-9-4-10-22/h2,5-6,11H,3-4,7-10H2,1H3,(H,19,23). The first-order valence-corrected chi connectivity index (χ1v) is 8.23. The predicted molar refractivity (Wildman–Crippen MR) is 89.7 cm³/mol. The molecular formula is C18H20N4O. The molecule has 1 N–H and O–H groups in total. The molecule has 118 valence electrons. The molecule has 1 amide bonds. The predicted octanol–water partition coefficient (Wildman–Crippen LogP) is 2.20. The highest BCUT2D eigenvalue weighted by Crippen LogP contribution is 2.33. The van der Waals surface area contributed by atoms with Crippen LogP contribution in [0, 0.1) is 0 Å². The van der Waals surface area contributed by atoms with Crippen LogP contribution in [-0.4, -0.2) is 36.0 Å². The fourth-order valence-electron chi connectivity index (χ4n) is 3.27. The first-order valence-electron chi connectivity index (χ1n) is 8.23. The number of nitrogens with one attached hydrogen (secondary N) is 1. The number of carbonyl (C=O) groups is 1. The number of benzene rings is 1. The second kappa shape index (κ2) is 5.65. The van der Waals surface area contributed by atoms with Gasteiger partial charge >= 0.3 is 0 Å². The van der Waals surface area contributed by atoms with Crippen molar-refractivity contribution in [3.63, 3.8) is 0 Å². The van der Waals surface area contributed by atoms with E-state index in [1.54, 1.807) is 7.05 Å². The summed E-state index contributed by atoms with van der Waals surface area (Å²) in [5, 5.41) is 2.68. The number of anilines is 1. The third kappa shape index (κ3) is 2.46. The molecule has 0 bridgehead atoms. The Morgan fingerprint density at radius 2 is 2.04 bits per heavy atom. The smallest absolute Gasteiger partial charge is 0.251 e. The van der Waals surface area contributed by atoms with Gasteiger partial charge in [0.2, 0.25) is 5.95 Å².